The Labute approximate surface area is 107 Å². The highest BCUT2D eigenvalue weighted by molar-refractivity contribution is 6.35. The van der Waals surface area contributed by atoms with Crippen molar-refractivity contribution in [3.63, 3.8) is 0 Å². The van der Waals surface area contributed by atoms with E-state index in [0.717, 1.165) is 18.4 Å². The fourth-order valence-corrected chi connectivity index (χ4v) is 2.13. The zero-order chi connectivity index (χ0) is 12.0. The lowest BCUT2D eigenvalue weighted by molar-refractivity contribution is 0.473. The molecule has 0 heterocycles. The summed E-state index contributed by atoms with van der Waals surface area (Å²) in [7, 11) is 0. The van der Waals surface area contributed by atoms with Crippen molar-refractivity contribution in [1.82, 2.24) is 5.43 Å². The van der Waals surface area contributed by atoms with Gasteiger partial charge in [-0.25, -0.2) is 0 Å². The van der Waals surface area contributed by atoms with Crippen molar-refractivity contribution in [2.45, 2.75) is 38.6 Å². The van der Waals surface area contributed by atoms with Gasteiger partial charge in [-0.2, -0.15) is 0 Å². The normalized spacial score (nSPS) is 12.8. The molecule has 0 spiro atoms. The summed E-state index contributed by atoms with van der Waals surface area (Å²) in [6.45, 7) is 2.17. The molecule has 0 aliphatic heterocycles. The Morgan fingerprint density at radius 2 is 2.12 bits per heavy atom. The zero-order valence-corrected chi connectivity index (χ0v) is 11.0. The summed E-state index contributed by atoms with van der Waals surface area (Å²) in [5.74, 6) is 5.52. The Morgan fingerprint density at radius 3 is 2.69 bits per heavy atom. The topological polar surface area (TPSA) is 38.0 Å². The second-order valence-electron chi connectivity index (χ2n) is 3.95. The minimum absolute atomic E-state index is 0.277. The van der Waals surface area contributed by atoms with Gasteiger partial charge in [-0.15, -0.1) is 0 Å². The standard InChI is InChI=1S/C12H18Cl2N2/c1-2-3-4-11(16-15)7-9-5-6-10(13)8-12(9)14/h5-6,8,11,16H,2-4,7,15H2,1H3. The van der Waals surface area contributed by atoms with Gasteiger partial charge in [-0.05, 0) is 30.5 Å². The Hall–Kier alpha value is -0.280. The van der Waals surface area contributed by atoms with Crippen LogP contribution in [0, 0.1) is 0 Å². The van der Waals surface area contributed by atoms with Gasteiger partial charge < -0.3 is 0 Å². The van der Waals surface area contributed by atoms with E-state index in [4.69, 9.17) is 29.0 Å². The minimum Gasteiger partial charge on any atom is -0.271 e. The average Bonchev–Trinajstić information content (AvgIpc) is 2.27. The molecule has 90 valence electrons. The van der Waals surface area contributed by atoms with Gasteiger partial charge >= 0.3 is 0 Å². The molecule has 16 heavy (non-hydrogen) atoms. The predicted octanol–water partition coefficient (Wildman–Crippen LogP) is 3.56. The Kier molecular flexibility index (Phi) is 6.14. The lowest BCUT2D eigenvalue weighted by atomic mass is 10.0. The van der Waals surface area contributed by atoms with Gasteiger partial charge in [0.1, 0.15) is 0 Å². The van der Waals surface area contributed by atoms with Crippen LogP contribution in [0.25, 0.3) is 0 Å². The Balaban J connectivity index is 2.62. The summed E-state index contributed by atoms with van der Waals surface area (Å²) in [4.78, 5) is 0. The first-order valence-corrected chi connectivity index (χ1v) is 6.33. The molecule has 0 amide bonds. The predicted molar refractivity (Wildman–Crippen MR) is 70.8 cm³/mol. The second kappa shape index (κ2) is 7.13. The number of hydrogen-bond acceptors (Lipinski definition) is 2. The van der Waals surface area contributed by atoms with Crippen LogP contribution in [-0.2, 0) is 6.42 Å². The third kappa shape index (κ3) is 4.30. The van der Waals surface area contributed by atoms with Crippen molar-refractivity contribution in [3.8, 4) is 0 Å². The molecule has 1 aromatic rings. The monoisotopic (exact) mass is 260 g/mol. The van der Waals surface area contributed by atoms with Crippen LogP contribution in [-0.4, -0.2) is 6.04 Å². The number of hydrogen-bond donors (Lipinski definition) is 2. The minimum atomic E-state index is 0.277. The molecular formula is C12H18Cl2N2. The molecule has 1 atom stereocenters. The molecular weight excluding hydrogens is 243 g/mol. The highest BCUT2D eigenvalue weighted by Crippen LogP contribution is 2.22. The van der Waals surface area contributed by atoms with Crippen LogP contribution in [0.2, 0.25) is 10.0 Å². The van der Waals surface area contributed by atoms with Crippen LogP contribution in [0.3, 0.4) is 0 Å². The number of unbranched alkanes of at least 4 members (excludes halogenated alkanes) is 1. The highest BCUT2D eigenvalue weighted by atomic mass is 35.5. The third-order valence-electron chi connectivity index (χ3n) is 2.62. The van der Waals surface area contributed by atoms with E-state index in [1.807, 2.05) is 12.1 Å². The average molecular weight is 261 g/mol. The summed E-state index contributed by atoms with van der Waals surface area (Å²) < 4.78 is 0. The fourth-order valence-electron chi connectivity index (χ4n) is 1.65. The molecule has 2 nitrogen and oxygen atoms in total. The maximum Gasteiger partial charge on any atom is 0.0453 e. The van der Waals surface area contributed by atoms with E-state index < -0.39 is 0 Å². The van der Waals surface area contributed by atoms with Crippen LogP contribution in [0.5, 0.6) is 0 Å². The summed E-state index contributed by atoms with van der Waals surface area (Å²) in [6.07, 6.45) is 4.24. The number of nitrogens with two attached hydrogens (primary N) is 1. The smallest absolute Gasteiger partial charge is 0.0453 e. The molecule has 0 saturated carbocycles. The van der Waals surface area contributed by atoms with Gasteiger partial charge in [0.2, 0.25) is 0 Å². The number of hydrazine groups is 1. The lowest BCUT2D eigenvalue weighted by Crippen LogP contribution is -2.36. The van der Waals surface area contributed by atoms with Gasteiger partial charge in [0.05, 0.1) is 0 Å². The van der Waals surface area contributed by atoms with E-state index >= 15 is 0 Å². The second-order valence-corrected chi connectivity index (χ2v) is 4.79. The van der Waals surface area contributed by atoms with Gasteiger partial charge in [0.25, 0.3) is 0 Å². The van der Waals surface area contributed by atoms with Crippen LogP contribution in [0.4, 0.5) is 0 Å². The van der Waals surface area contributed by atoms with E-state index in [0.29, 0.717) is 10.0 Å². The van der Waals surface area contributed by atoms with E-state index in [2.05, 4.69) is 12.3 Å². The maximum atomic E-state index is 6.11. The zero-order valence-electron chi connectivity index (χ0n) is 9.47. The van der Waals surface area contributed by atoms with Crippen molar-refractivity contribution < 1.29 is 0 Å². The van der Waals surface area contributed by atoms with E-state index in [1.54, 1.807) is 6.07 Å². The first-order valence-electron chi connectivity index (χ1n) is 5.57. The SMILES string of the molecule is CCCCC(Cc1ccc(Cl)cc1Cl)NN. The molecule has 0 aromatic heterocycles. The molecule has 0 aliphatic rings. The number of nitrogens with one attached hydrogen (secondary N) is 1. The highest BCUT2D eigenvalue weighted by Gasteiger charge is 2.09. The van der Waals surface area contributed by atoms with E-state index in [-0.39, 0.29) is 6.04 Å². The number of halogens is 2. The Morgan fingerprint density at radius 1 is 1.38 bits per heavy atom. The summed E-state index contributed by atoms with van der Waals surface area (Å²) >= 11 is 12.0. The maximum absolute atomic E-state index is 6.11. The number of benzene rings is 1. The molecule has 3 N–H and O–H groups in total. The molecule has 0 saturated heterocycles. The molecule has 1 aromatic carbocycles. The molecule has 1 rings (SSSR count). The van der Waals surface area contributed by atoms with E-state index in [9.17, 15) is 0 Å². The van der Waals surface area contributed by atoms with Crippen LogP contribution in [0.1, 0.15) is 31.7 Å². The first-order chi connectivity index (χ1) is 7.67. The summed E-state index contributed by atoms with van der Waals surface area (Å²) in [6, 6.07) is 5.86. The van der Waals surface area contributed by atoms with Crippen molar-refractivity contribution in [2.75, 3.05) is 0 Å². The van der Waals surface area contributed by atoms with Crippen molar-refractivity contribution in [3.05, 3.63) is 33.8 Å². The number of rotatable bonds is 6. The molecule has 4 heteroatoms. The van der Waals surface area contributed by atoms with E-state index in [1.165, 1.54) is 12.8 Å². The molecule has 1 unspecified atom stereocenters. The van der Waals surface area contributed by atoms with Gasteiger partial charge in [-0.3, -0.25) is 11.3 Å². The van der Waals surface area contributed by atoms with Gasteiger partial charge in [-0.1, -0.05) is 49.0 Å². The lowest BCUT2D eigenvalue weighted by Gasteiger charge is -2.16. The molecule has 0 aliphatic carbocycles. The summed E-state index contributed by atoms with van der Waals surface area (Å²) in [5, 5.41) is 1.38. The first kappa shape index (κ1) is 13.8. The van der Waals surface area contributed by atoms with Crippen molar-refractivity contribution in [2.24, 2.45) is 5.84 Å². The van der Waals surface area contributed by atoms with Crippen molar-refractivity contribution in [1.29, 1.82) is 0 Å². The molecule has 0 radical (unpaired) electrons. The van der Waals surface area contributed by atoms with Gasteiger partial charge in [0.15, 0.2) is 0 Å². The van der Waals surface area contributed by atoms with Crippen LogP contribution in [0.15, 0.2) is 18.2 Å². The van der Waals surface area contributed by atoms with Crippen molar-refractivity contribution >= 4 is 23.2 Å². The van der Waals surface area contributed by atoms with Gasteiger partial charge in [0, 0.05) is 16.1 Å². The Bertz CT molecular complexity index is 329. The third-order valence-corrected chi connectivity index (χ3v) is 3.21. The fraction of sp³-hybridized carbons (Fsp3) is 0.500. The molecule has 0 bridgehead atoms. The van der Waals surface area contributed by atoms with Crippen LogP contribution >= 0.6 is 23.2 Å². The molecule has 0 fully saturated rings. The summed E-state index contributed by atoms with van der Waals surface area (Å²) in [5.41, 5.74) is 3.92. The largest absolute Gasteiger partial charge is 0.271 e. The quantitative estimate of drug-likeness (QED) is 0.607. The van der Waals surface area contributed by atoms with Crippen LogP contribution < -0.4 is 11.3 Å².